The van der Waals surface area contributed by atoms with E-state index in [1.807, 2.05) is 0 Å². The molecule has 0 spiro atoms. The first-order chi connectivity index (χ1) is 7.66. The summed E-state index contributed by atoms with van der Waals surface area (Å²) in [5.41, 5.74) is 1.25. The second kappa shape index (κ2) is 5.34. The molecule has 0 atom stereocenters. The number of carbonyl (C=O) groups is 1. The van der Waals surface area contributed by atoms with Gasteiger partial charge in [-0.3, -0.25) is 4.79 Å². The molecule has 0 radical (unpaired) electrons. The Morgan fingerprint density at radius 2 is 2.31 bits per heavy atom. The van der Waals surface area contributed by atoms with Crippen molar-refractivity contribution in [3.8, 4) is 0 Å². The lowest BCUT2D eigenvalue weighted by atomic mass is 10.3. The molecule has 3 nitrogen and oxygen atoms in total. The number of fused-ring (bicyclic) bond motifs is 1. The van der Waals surface area contributed by atoms with Crippen molar-refractivity contribution in [2.45, 2.75) is 30.5 Å². The molecule has 0 aromatic carbocycles. The lowest BCUT2D eigenvalue weighted by molar-refractivity contribution is -0.119. The number of aryl methyl sites for hydroxylation is 2. The van der Waals surface area contributed by atoms with Crippen molar-refractivity contribution >= 4 is 40.4 Å². The quantitative estimate of drug-likeness (QED) is 0.857. The maximum atomic E-state index is 11.1. The first-order valence-corrected chi connectivity index (χ1v) is 6.89. The van der Waals surface area contributed by atoms with E-state index in [0.29, 0.717) is 6.54 Å². The molecule has 0 saturated carbocycles. The number of carbonyl (C=O) groups excluding carboxylic acids is 1. The number of nitrogens with zero attached hydrogens (tertiary/aromatic N) is 1. The first kappa shape index (κ1) is 12.1. The zero-order valence-electron chi connectivity index (χ0n) is 8.63. The van der Waals surface area contributed by atoms with Gasteiger partial charge in [-0.05, 0) is 19.3 Å². The number of hydrogen-bond donors (Lipinski definition) is 1. The molecule has 0 unspecified atom stereocenters. The van der Waals surface area contributed by atoms with Crippen LogP contribution in [0.2, 0.25) is 0 Å². The number of thiazole rings is 1. The largest absolute Gasteiger partial charge is 0.353 e. The molecular formula is C10H12Cl2N2OS. The molecule has 1 aromatic rings. The summed E-state index contributed by atoms with van der Waals surface area (Å²) in [5.74, 6) is -0.340. The van der Waals surface area contributed by atoms with Crippen LogP contribution in [0.1, 0.15) is 22.0 Å². The Kier molecular flexibility index (Phi) is 4.05. The van der Waals surface area contributed by atoms with Crippen LogP contribution in [0.25, 0.3) is 0 Å². The van der Waals surface area contributed by atoms with Gasteiger partial charge in [-0.1, -0.05) is 23.2 Å². The van der Waals surface area contributed by atoms with Crippen molar-refractivity contribution < 1.29 is 4.79 Å². The zero-order chi connectivity index (χ0) is 11.5. The van der Waals surface area contributed by atoms with Gasteiger partial charge < -0.3 is 5.32 Å². The van der Waals surface area contributed by atoms with Gasteiger partial charge in [0, 0.05) is 17.8 Å². The molecule has 0 fully saturated rings. The van der Waals surface area contributed by atoms with Crippen LogP contribution < -0.4 is 5.32 Å². The minimum absolute atomic E-state index is 0.340. The van der Waals surface area contributed by atoms with Gasteiger partial charge >= 0.3 is 0 Å². The molecular weight excluding hydrogens is 267 g/mol. The number of halogens is 2. The van der Waals surface area contributed by atoms with Crippen molar-refractivity contribution in [1.29, 1.82) is 0 Å². The first-order valence-electron chi connectivity index (χ1n) is 5.20. The molecule has 1 aromatic heterocycles. The summed E-state index contributed by atoms with van der Waals surface area (Å²) in [4.78, 5) is 16.0. The third kappa shape index (κ3) is 2.87. The minimum atomic E-state index is -0.985. The number of nitrogens with one attached hydrogen (secondary N) is 1. The number of rotatable bonds is 4. The summed E-state index contributed by atoms with van der Waals surface area (Å²) in [5, 5.41) is 3.75. The van der Waals surface area contributed by atoms with Gasteiger partial charge in [0.25, 0.3) is 5.91 Å². The SMILES string of the molecule is O=C(NCCc1nc2c(s1)CCC2)C(Cl)Cl. The van der Waals surface area contributed by atoms with E-state index in [1.165, 1.54) is 17.0 Å². The Balaban J connectivity index is 1.79. The topological polar surface area (TPSA) is 42.0 Å². The van der Waals surface area contributed by atoms with Gasteiger partial charge in [-0.25, -0.2) is 4.98 Å². The van der Waals surface area contributed by atoms with Crippen LogP contribution in [0.3, 0.4) is 0 Å². The molecule has 2 rings (SSSR count). The van der Waals surface area contributed by atoms with Gasteiger partial charge in [0.15, 0.2) is 4.84 Å². The molecule has 0 bridgehead atoms. The molecule has 0 aliphatic heterocycles. The van der Waals surface area contributed by atoms with E-state index in [-0.39, 0.29) is 5.91 Å². The molecule has 0 saturated heterocycles. The highest BCUT2D eigenvalue weighted by Crippen LogP contribution is 2.27. The second-order valence-electron chi connectivity index (χ2n) is 3.67. The molecule has 16 heavy (non-hydrogen) atoms. The third-order valence-corrected chi connectivity index (χ3v) is 4.09. The summed E-state index contributed by atoms with van der Waals surface area (Å²) < 4.78 is 0. The van der Waals surface area contributed by atoms with Crippen LogP contribution in [0.4, 0.5) is 0 Å². The fourth-order valence-electron chi connectivity index (χ4n) is 1.72. The summed E-state index contributed by atoms with van der Waals surface area (Å²) in [6, 6.07) is 0. The lowest BCUT2D eigenvalue weighted by Crippen LogP contribution is -2.30. The Morgan fingerprint density at radius 3 is 3.00 bits per heavy atom. The molecule has 88 valence electrons. The smallest absolute Gasteiger partial charge is 0.253 e. The zero-order valence-corrected chi connectivity index (χ0v) is 11.0. The van der Waals surface area contributed by atoms with Crippen LogP contribution in [0, 0.1) is 0 Å². The van der Waals surface area contributed by atoms with Gasteiger partial charge in [-0.15, -0.1) is 11.3 Å². The van der Waals surface area contributed by atoms with Crippen molar-refractivity contribution in [2.75, 3.05) is 6.54 Å². The fraction of sp³-hybridized carbons (Fsp3) is 0.600. The predicted molar refractivity (Wildman–Crippen MR) is 66.3 cm³/mol. The summed E-state index contributed by atoms with van der Waals surface area (Å²) in [6.45, 7) is 0.543. The third-order valence-electron chi connectivity index (χ3n) is 2.48. The molecule has 1 aliphatic carbocycles. The van der Waals surface area contributed by atoms with Crippen molar-refractivity contribution in [3.63, 3.8) is 0 Å². The number of aromatic nitrogens is 1. The maximum Gasteiger partial charge on any atom is 0.253 e. The number of amides is 1. The van der Waals surface area contributed by atoms with E-state index in [4.69, 9.17) is 23.2 Å². The maximum absolute atomic E-state index is 11.1. The van der Waals surface area contributed by atoms with E-state index >= 15 is 0 Å². The number of alkyl halides is 2. The minimum Gasteiger partial charge on any atom is -0.353 e. The normalized spacial score (nSPS) is 14.2. The second-order valence-corrected chi connectivity index (χ2v) is 5.94. The van der Waals surface area contributed by atoms with Crippen LogP contribution in [-0.4, -0.2) is 22.3 Å². The van der Waals surface area contributed by atoms with Crippen molar-refractivity contribution in [3.05, 3.63) is 15.6 Å². The van der Waals surface area contributed by atoms with E-state index in [2.05, 4.69) is 10.3 Å². The van der Waals surface area contributed by atoms with Gasteiger partial charge in [0.1, 0.15) is 0 Å². The van der Waals surface area contributed by atoms with Crippen LogP contribution in [0.5, 0.6) is 0 Å². The lowest BCUT2D eigenvalue weighted by Gasteiger charge is -2.03. The monoisotopic (exact) mass is 278 g/mol. The average Bonchev–Trinajstić information content (AvgIpc) is 2.77. The van der Waals surface area contributed by atoms with Gasteiger partial charge in [0.2, 0.25) is 0 Å². The summed E-state index contributed by atoms with van der Waals surface area (Å²) in [7, 11) is 0. The highest BCUT2D eigenvalue weighted by Gasteiger charge is 2.16. The molecule has 1 aliphatic rings. The van der Waals surface area contributed by atoms with Crippen molar-refractivity contribution in [1.82, 2.24) is 10.3 Å². The Labute approximate surface area is 108 Å². The fourth-order valence-corrected chi connectivity index (χ4v) is 3.03. The van der Waals surface area contributed by atoms with Gasteiger partial charge in [-0.2, -0.15) is 0 Å². The van der Waals surface area contributed by atoms with Crippen LogP contribution in [0.15, 0.2) is 0 Å². The average molecular weight is 279 g/mol. The van der Waals surface area contributed by atoms with E-state index in [9.17, 15) is 4.79 Å². The molecule has 6 heteroatoms. The van der Waals surface area contributed by atoms with E-state index in [0.717, 1.165) is 24.3 Å². The molecule has 1 N–H and O–H groups in total. The Bertz CT molecular complexity index is 371. The molecule has 1 heterocycles. The van der Waals surface area contributed by atoms with E-state index < -0.39 is 4.84 Å². The summed E-state index contributed by atoms with van der Waals surface area (Å²) in [6.07, 6.45) is 4.24. The Hall–Kier alpha value is -0.320. The van der Waals surface area contributed by atoms with Crippen LogP contribution >= 0.6 is 34.5 Å². The highest BCUT2D eigenvalue weighted by atomic mass is 35.5. The predicted octanol–water partition coefficient (Wildman–Crippen LogP) is 2.09. The van der Waals surface area contributed by atoms with Crippen LogP contribution in [-0.2, 0) is 24.1 Å². The Morgan fingerprint density at radius 1 is 1.50 bits per heavy atom. The van der Waals surface area contributed by atoms with E-state index in [1.54, 1.807) is 11.3 Å². The van der Waals surface area contributed by atoms with Crippen molar-refractivity contribution in [2.24, 2.45) is 0 Å². The standard InChI is InChI=1S/C10H12Cl2N2OS/c11-9(12)10(15)13-5-4-8-14-6-2-1-3-7(6)16-8/h9H,1-5H2,(H,13,15). The highest BCUT2D eigenvalue weighted by molar-refractivity contribution is 7.11. The van der Waals surface area contributed by atoms with Gasteiger partial charge in [0.05, 0.1) is 10.7 Å². The number of hydrogen-bond acceptors (Lipinski definition) is 3. The molecule has 1 amide bonds. The summed E-state index contributed by atoms with van der Waals surface area (Å²) >= 11 is 12.6.